The molecule has 0 saturated heterocycles. The van der Waals surface area contributed by atoms with Crippen LogP contribution in [0, 0.1) is 13.8 Å². The molecule has 156 valence electrons. The van der Waals surface area contributed by atoms with Gasteiger partial charge in [-0.3, -0.25) is 9.59 Å². The van der Waals surface area contributed by atoms with Gasteiger partial charge >= 0.3 is 0 Å². The lowest BCUT2D eigenvalue weighted by atomic mass is 9.96. The lowest BCUT2D eigenvalue weighted by Crippen LogP contribution is -2.37. The smallest absolute Gasteiger partial charge is 0.243 e. The Labute approximate surface area is 177 Å². The Morgan fingerprint density at radius 1 is 1.00 bits per heavy atom. The van der Waals surface area contributed by atoms with Crippen LogP contribution in [0.15, 0.2) is 54.6 Å². The second kappa shape index (κ2) is 8.99. The van der Waals surface area contributed by atoms with Crippen LogP contribution < -0.4 is 10.1 Å². The molecule has 1 atom stereocenters. The average Bonchev–Trinajstić information content (AvgIpc) is 2.74. The summed E-state index contributed by atoms with van der Waals surface area (Å²) >= 11 is 0. The first-order valence-corrected chi connectivity index (χ1v) is 9.99. The van der Waals surface area contributed by atoms with E-state index in [-0.39, 0.29) is 24.3 Å². The topological polar surface area (TPSA) is 58.6 Å². The van der Waals surface area contributed by atoms with E-state index >= 15 is 0 Å². The van der Waals surface area contributed by atoms with Gasteiger partial charge in [-0.25, -0.2) is 0 Å². The molecule has 0 fully saturated rings. The summed E-state index contributed by atoms with van der Waals surface area (Å²) in [5.41, 5.74) is 3.72. The molecule has 1 N–H and O–H groups in total. The van der Waals surface area contributed by atoms with Gasteiger partial charge in [-0.05, 0) is 60.4 Å². The highest BCUT2D eigenvalue weighted by Crippen LogP contribution is 2.26. The van der Waals surface area contributed by atoms with Crippen LogP contribution in [0.5, 0.6) is 5.75 Å². The van der Waals surface area contributed by atoms with Crippen LogP contribution in [-0.2, 0) is 9.59 Å². The number of rotatable bonds is 6. The summed E-state index contributed by atoms with van der Waals surface area (Å²) in [6, 6.07) is 17.7. The van der Waals surface area contributed by atoms with E-state index in [1.54, 1.807) is 14.2 Å². The molecule has 3 aromatic rings. The molecule has 0 aromatic heterocycles. The first-order valence-electron chi connectivity index (χ1n) is 9.99. The van der Waals surface area contributed by atoms with Gasteiger partial charge in [0, 0.05) is 12.7 Å². The Morgan fingerprint density at radius 2 is 1.63 bits per heavy atom. The summed E-state index contributed by atoms with van der Waals surface area (Å²) in [7, 11) is 3.30. The molecule has 3 rings (SSSR count). The Kier molecular flexibility index (Phi) is 6.40. The van der Waals surface area contributed by atoms with Crippen molar-refractivity contribution >= 4 is 28.3 Å². The lowest BCUT2D eigenvalue weighted by Gasteiger charge is -2.22. The number of fused-ring (bicyclic) bond motifs is 1. The molecule has 0 spiro atoms. The first-order chi connectivity index (χ1) is 14.3. The number of aryl methyl sites for hydroxylation is 2. The van der Waals surface area contributed by atoms with Crippen molar-refractivity contribution in [3.63, 3.8) is 0 Å². The third-order valence-electron chi connectivity index (χ3n) is 5.44. The Morgan fingerprint density at radius 3 is 2.30 bits per heavy atom. The maximum absolute atomic E-state index is 12.9. The molecule has 5 heteroatoms. The fourth-order valence-electron chi connectivity index (χ4n) is 3.60. The highest BCUT2D eigenvalue weighted by Gasteiger charge is 2.21. The minimum atomic E-state index is -0.352. The van der Waals surface area contributed by atoms with E-state index in [4.69, 9.17) is 4.74 Å². The van der Waals surface area contributed by atoms with Gasteiger partial charge in [0.1, 0.15) is 5.75 Å². The molecule has 30 heavy (non-hydrogen) atoms. The largest absolute Gasteiger partial charge is 0.497 e. The van der Waals surface area contributed by atoms with Crippen molar-refractivity contribution in [3.8, 4) is 5.75 Å². The SMILES string of the molecule is COc1ccc2cc([C@H](C)C(=O)N(C)CC(=O)Nc3c(C)cccc3C)ccc2c1. The first kappa shape index (κ1) is 21.4. The molecule has 0 aliphatic heterocycles. The summed E-state index contributed by atoms with van der Waals surface area (Å²) in [5.74, 6) is 0.143. The highest BCUT2D eigenvalue weighted by atomic mass is 16.5. The summed E-state index contributed by atoms with van der Waals surface area (Å²) in [4.78, 5) is 26.9. The van der Waals surface area contributed by atoms with Gasteiger partial charge in [-0.1, -0.05) is 42.5 Å². The number of methoxy groups -OCH3 is 1. The van der Waals surface area contributed by atoms with Crippen LogP contribution in [0.2, 0.25) is 0 Å². The van der Waals surface area contributed by atoms with Crippen molar-refractivity contribution in [1.29, 1.82) is 0 Å². The normalized spacial score (nSPS) is 11.8. The van der Waals surface area contributed by atoms with E-state index in [1.165, 1.54) is 4.90 Å². The van der Waals surface area contributed by atoms with Gasteiger partial charge in [-0.2, -0.15) is 0 Å². The van der Waals surface area contributed by atoms with E-state index in [9.17, 15) is 9.59 Å². The van der Waals surface area contributed by atoms with Gasteiger partial charge in [0.25, 0.3) is 0 Å². The number of para-hydroxylation sites is 1. The van der Waals surface area contributed by atoms with E-state index in [0.717, 1.165) is 38.9 Å². The van der Waals surface area contributed by atoms with Crippen LogP contribution in [-0.4, -0.2) is 37.4 Å². The van der Waals surface area contributed by atoms with E-state index in [0.29, 0.717) is 0 Å². The number of amides is 2. The van der Waals surface area contributed by atoms with Crippen LogP contribution in [0.25, 0.3) is 10.8 Å². The van der Waals surface area contributed by atoms with Crippen molar-refractivity contribution in [2.75, 3.05) is 26.0 Å². The Hall–Kier alpha value is -3.34. The van der Waals surface area contributed by atoms with Gasteiger partial charge < -0.3 is 15.0 Å². The Balaban J connectivity index is 1.69. The lowest BCUT2D eigenvalue weighted by molar-refractivity contribution is -0.134. The number of ether oxygens (including phenoxy) is 1. The minimum absolute atomic E-state index is 0.00171. The van der Waals surface area contributed by atoms with Crippen molar-refractivity contribution in [1.82, 2.24) is 4.90 Å². The zero-order chi connectivity index (χ0) is 21.8. The van der Waals surface area contributed by atoms with Crippen LogP contribution in [0.4, 0.5) is 5.69 Å². The maximum Gasteiger partial charge on any atom is 0.243 e. The van der Waals surface area contributed by atoms with E-state index in [2.05, 4.69) is 5.32 Å². The predicted octanol–water partition coefficient (Wildman–Crippen LogP) is 4.67. The molecular weight excluding hydrogens is 376 g/mol. The van der Waals surface area contributed by atoms with E-state index < -0.39 is 0 Å². The number of nitrogens with zero attached hydrogens (tertiary/aromatic N) is 1. The summed E-state index contributed by atoms with van der Waals surface area (Å²) in [6.45, 7) is 5.78. The van der Waals surface area contributed by atoms with Crippen molar-refractivity contribution < 1.29 is 14.3 Å². The third kappa shape index (κ3) is 4.62. The number of benzene rings is 3. The van der Waals surface area contributed by atoms with Crippen molar-refractivity contribution in [3.05, 3.63) is 71.3 Å². The quantitative estimate of drug-likeness (QED) is 0.650. The summed E-state index contributed by atoms with van der Waals surface area (Å²) < 4.78 is 5.27. The number of likely N-dealkylation sites (N-methyl/N-ethyl adjacent to an activating group) is 1. The van der Waals surface area contributed by atoms with Gasteiger partial charge in [0.05, 0.1) is 19.6 Å². The second-order valence-electron chi connectivity index (χ2n) is 7.70. The average molecular weight is 405 g/mol. The number of nitrogens with one attached hydrogen (secondary N) is 1. The van der Waals surface area contributed by atoms with Crippen molar-refractivity contribution in [2.24, 2.45) is 0 Å². The number of carbonyl (C=O) groups excluding carboxylic acids is 2. The molecule has 0 unspecified atom stereocenters. The molecular formula is C25H28N2O3. The number of anilines is 1. The third-order valence-corrected chi connectivity index (χ3v) is 5.44. The van der Waals surface area contributed by atoms with Gasteiger partial charge in [-0.15, -0.1) is 0 Å². The standard InChI is InChI=1S/C25H28N2O3/c1-16-7-6-8-17(2)24(16)26-23(28)15-27(4)25(29)18(3)19-9-10-21-14-22(30-5)12-11-20(21)13-19/h6-14,18H,15H2,1-5H3,(H,26,28)/t18-/m0/s1. The fraction of sp³-hybridized carbons (Fsp3) is 0.280. The van der Waals surface area contributed by atoms with Gasteiger partial charge in [0.2, 0.25) is 11.8 Å². The van der Waals surface area contributed by atoms with E-state index in [1.807, 2.05) is 75.4 Å². The number of carbonyl (C=O) groups is 2. The monoisotopic (exact) mass is 404 g/mol. The molecule has 3 aromatic carbocycles. The molecule has 0 saturated carbocycles. The number of hydrogen-bond donors (Lipinski definition) is 1. The molecule has 2 amide bonds. The maximum atomic E-state index is 12.9. The zero-order valence-corrected chi connectivity index (χ0v) is 18.2. The summed E-state index contributed by atoms with van der Waals surface area (Å²) in [5, 5.41) is 5.03. The second-order valence-corrected chi connectivity index (χ2v) is 7.70. The van der Waals surface area contributed by atoms with Crippen LogP contribution in [0.3, 0.4) is 0 Å². The number of hydrogen-bond acceptors (Lipinski definition) is 3. The highest BCUT2D eigenvalue weighted by molar-refractivity contribution is 5.96. The fourth-order valence-corrected chi connectivity index (χ4v) is 3.60. The summed E-state index contributed by atoms with van der Waals surface area (Å²) in [6.07, 6.45) is 0. The molecule has 0 aliphatic carbocycles. The van der Waals surface area contributed by atoms with Gasteiger partial charge in [0.15, 0.2) is 0 Å². The molecule has 0 aliphatic rings. The van der Waals surface area contributed by atoms with Crippen molar-refractivity contribution in [2.45, 2.75) is 26.7 Å². The predicted molar refractivity (Wildman–Crippen MR) is 121 cm³/mol. The molecule has 5 nitrogen and oxygen atoms in total. The molecule has 0 bridgehead atoms. The van der Waals surface area contributed by atoms with Crippen LogP contribution in [0.1, 0.15) is 29.5 Å². The molecule has 0 radical (unpaired) electrons. The zero-order valence-electron chi connectivity index (χ0n) is 18.2. The Bertz CT molecular complexity index is 1070. The molecule has 0 heterocycles. The van der Waals surface area contributed by atoms with Crippen LogP contribution >= 0.6 is 0 Å². The minimum Gasteiger partial charge on any atom is -0.497 e.